The number of hydrogen-bond acceptors (Lipinski definition) is 5. The van der Waals surface area contributed by atoms with Crippen LogP contribution in [0.3, 0.4) is 0 Å². The maximum Gasteiger partial charge on any atom is 0.411 e. The van der Waals surface area contributed by atoms with E-state index in [1.165, 1.54) is 0 Å². The molecule has 5 rings (SSSR count). The van der Waals surface area contributed by atoms with Crippen molar-refractivity contribution < 1.29 is 23.7 Å². The highest BCUT2D eigenvalue weighted by Gasteiger charge is 2.69. The Morgan fingerprint density at radius 1 is 0.769 bits per heavy atom. The van der Waals surface area contributed by atoms with E-state index in [1.54, 1.807) is 0 Å². The van der Waals surface area contributed by atoms with Gasteiger partial charge in [-0.1, -0.05) is 91.0 Å². The van der Waals surface area contributed by atoms with Crippen LogP contribution in [0.2, 0.25) is 0 Å². The van der Waals surface area contributed by atoms with Crippen molar-refractivity contribution in [3.8, 4) is 0 Å². The molecule has 6 nitrogen and oxygen atoms in total. The maximum atomic E-state index is 13.7. The molecule has 0 aromatic heterocycles. The Morgan fingerprint density at radius 3 is 1.74 bits per heavy atom. The van der Waals surface area contributed by atoms with Gasteiger partial charge in [-0.25, -0.2) is 4.79 Å². The first-order valence-electron chi connectivity index (χ1n) is 13.8. The van der Waals surface area contributed by atoms with E-state index in [0.717, 1.165) is 29.5 Å². The average molecular weight is 530 g/mol. The summed E-state index contributed by atoms with van der Waals surface area (Å²) in [6.07, 6.45) is 0.657. The van der Waals surface area contributed by atoms with Gasteiger partial charge in [0.25, 0.3) is 0 Å². The molecule has 3 aromatic rings. The van der Waals surface area contributed by atoms with Crippen LogP contribution < -0.4 is 0 Å². The van der Waals surface area contributed by atoms with Crippen molar-refractivity contribution in [3.05, 3.63) is 108 Å². The normalized spacial score (nSPS) is 21.7. The third kappa shape index (κ3) is 6.70. The molecule has 1 saturated heterocycles. The summed E-state index contributed by atoms with van der Waals surface area (Å²) in [7, 11) is 0. The minimum absolute atomic E-state index is 0.306. The van der Waals surface area contributed by atoms with Crippen LogP contribution in [0.4, 0.5) is 4.79 Å². The van der Waals surface area contributed by atoms with Crippen LogP contribution in [0.1, 0.15) is 50.3 Å². The topological polar surface area (TPSA) is 57.2 Å². The Bertz CT molecular complexity index is 1190. The van der Waals surface area contributed by atoms with Crippen molar-refractivity contribution in [3.63, 3.8) is 0 Å². The molecule has 1 heterocycles. The molecule has 0 unspecified atom stereocenters. The smallest absolute Gasteiger partial charge is 0.411 e. The van der Waals surface area contributed by atoms with E-state index in [2.05, 4.69) is 12.1 Å². The summed E-state index contributed by atoms with van der Waals surface area (Å²) in [6.45, 7) is 7.33. The lowest BCUT2D eigenvalue weighted by Gasteiger charge is -2.33. The molecular weight excluding hydrogens is 490 g/mol. The van der Waals surface area contributed by atoms with Gasteiger partial charge in [0.15, 0.2) is 0 Å². The molecule has 1 aliphatic carbocycles. The molecular formula is C33H39NO5. The zero-order valence-electron chi connectivity index (χ0n) is 23.1. The number of carbonyl (C=O) groups is 1. The number of benzene rings is 3. The summed E-state index contributed by atoms with van der Waals surface area (Å²) < 4.78 is 25.5. The number of rotatable bonds is 10. The van der Waals surface area contributed by atoms with E-state index in [-0.39, 0.29) is 24.3 Å². The van der Waals surface area contributed by atoms with Gasteiger partial charge in [-0.05, 0) is 50.3 Å². The van der Waals surface area contributed by atoms with E-state index >= 15 is 0 Å². The lowest BCUT2D eigenvalue weighted by Crippen LogP contribution is -2.49. The predicted octanol–water partition coefficient (Wildman–Crippen LogP) is 6.53. The molecule has 1 aliphatic heterocycles. The molecule has 3 aromatic carbocycles. The Labute approximate surface area is 231 Å². The first-order chi connectivity index (χ1) is 18.9. The molecule has 39 heavy (non-hydrogen) atoms. The van der Waals surface area contributed by atoms with Gasteiger partial charge in [-0.3, -0.25) is 4.90 Å². The van der Waals surface area contributed by atoms with Crippen molar-refractivity contribution in [1.82, 2.24) is 4.90 Å². The van der Waals surface area contributed by atoms with Crippen LogP contribution in [0.5, 0.6) is 0 Å². The SMILES string of the molecule is CC(C)(C)OC(=O)N1[C@@H](COCc2ccccc2)[C@@H](OCc2ccccc2)[C@H](OCc2ccccc2)C12CC2. The zero-order chi connectivity index (χ0) is 27.3. The van der Waals surface area contributed by atoms with Crippen molar-refractivity contribution in [2.75, 3.05) is 6.61 Å². The van der Waals surface area contributed by atoms with Crippen molar-refractivity contribution in [2.45, 2.75) is 82.8 Å². The van der Waals surface area contributed by atoms with Gasteiger partial charge >= 0.3 is 6.09 Å². The number of amides is 1. The van der Waals surface area contributed by atoms with Crippen LogP contribution in [-0.4, -0.2) is 47.0 Å². The Kier molecular flexibility index (Phi) is 8.36. The van der Waals surface area contributed by atoms with E-state index in [4.69, 9.17) is 18.9 Å². The molecule has 3 atom stereocenters. The number of ether oxygens (including phenoxy) is 4. The fourth-order valence-electron chi connectivity index (χ4n) is 5.42. The standard InChI is InChI=1S/C33H39NO5/c1-32(2,3)39-31(35)34-28(24-36-21-25-13-7-4-8-14-25)29(37-22-26-15-9-5-10-16-26)30(33(34)19-20-33)38-23-27-17-11-6-12-18-27/h4-18,28-30H,19-24H2,1-3H3/t28-,29+,30-/m0/s1. The summed E-state index contributed by atoms with van der Waals surface area (Å²) in [5.74, 6) is 0. The number of carbonyl (C=O) groups excluding carboxylic acids is 1. The number of nitrogens with zero attached hydrogens (tertiary/aromatic N) is 1. The van der Waals surface area contributed by atoms with E-state index < -0.39 is 11.1 Å². The average Bonchev–Trinajstić information content (AvgIpc) is 3.66. The minimum atomic E-state index is -0.619. The molecule has 2 aliphatic rings. The fraction of sp³-hybridized carbons (Fsp3) is 0.424. The second-order valence-electron chi connectivity index (χ2n) is 11.5. The second kappa shape index (κ2) is 11.9. The maximum absolute atomic E-state index is 13.7. The molecule has 0 radical (unpaired) electrons. The summed E-state index contributed by atoms with van der Waals surface area (Å²) in [5.41, 5.74) is 2.15. The van der Waals surface area contributed by atoms with Crippen LogP contribution in [0, 0.1) is 0 Å². The van der Waals surface area contributed by atoms with Gasteiger partial charge in [0, 0.05) is 0 Å². The van der Waals surface area contributed by atoms with Gasteiger partial charge in [0.05, 0.1) is 38.0 Å². The van der Waals surface area contributed by atoms with Gasteiger partial charge in [0.2, 0.25) is 0 Å². The highest BCUT2D eigenvalue weighted by atomic mass is 16.6. The molecule has 206 valence electrons. The summed E-state index contributed by atoms with van der Waals surface area (Å²) in [4.78, 5) is 15.6. The molecule has 1 spiro atoms. The third-order valence-electron chi connectivity index (χ3n) is 7.33. The molecule has 1 amide bonds. The van der Waals surface area contributed by atoms with E-state index in [9.17, 15) is 4.79 Å². The van der Waals surface area contributed by atoms with Gasteiger partial charge in [-0.15, -0.1) is 0 Å². The predicted molar refractivity (Wildman–Crippen MR) is 150 cm³/mol. The quantitative estimate of drug-likeness (QED) is 0.299. The molecule has 1 saturated carbocycles. The van der Waals surface area contributed by atoms with E-state index in [0.29, 0.717) is 26.4 Å². The minimum Gasteiger partial charge on any atom is -0.444 e. The van der Waals surface area contributed by atoms with E-state index in [1.807, 2.05) is 105 Å². The van der Waals surface area contributed by atoms with Gasteiger partial charge < -0.3 is 18.9 Å². The Hall–Kier alpha value is -3.19. The van der Waals surface area contributed by atoms with Crippen molar-refractivity contribution in [2.24, 2.45) is 0 Å². The first kappa shape index (κ1) is 27.4. The first-order valence-corrected chi connectivity index (χ1v) is 13.8. The van der Waals surface area contributed by atoms with Crippen LogP contribution in [0.25, 0.3) is 0 Å². The van der Waals surface area contributed by atoms with Crippen LogP contribution in [0.15, 0.2) is 91.0 Å². The molecule has 2 fully saturated rings. The highest BCUT2D eigenvalue weighted by Crippen LogP contribution is 2.55. The lowest BCUT2D eigenvalue weighted by atomic mass is 10.1. The van der Waals surface area contributed by atoms with Gasteiger partial charge in [0.1, 0.15) is 17.8 Å². The zero-order valence-corrected chi connectivity index (χ0v) is 23.1. The third-order valence-corrected chi connectivity index (χ3v) is 7.33. The Balaban J connectivity index is 1.42. The van der Waals surface area contributed by atoms with Gasteiger partial charge in [-0.2, -0.15) is 0 Å². The number of likely N-dealkylation sites (tertiary alicyclic amines) is 1. The van der Waals surface area contributed by atoms with Crippen molar-refractivity contribution in [1.29, 1.82) is 0 Å². The lowest BCUT2D eigenvalue weighted by molar-refractivity contribution is -0.0885. The second-order valence-corrected chi connectivity index (χ2v) is 11.5. The molecule has 0 bridgehead atoms. The van der Waals surface area contributed by atoms with Crippen LogP contribution >= 0.6 is 0 Å². The summed E-state index contributed by atoms with van der Waals surface area (Å²) in [5, 5.41) is 0. The summed E-state index contributed by atoms with van der Waals surface area (Å²) in [6, 6.07) is 30.0. The Morgan fingerprint density at radius 2 is 1.26 bits per heavy atom. The summed E-state index contributed by atoms with van der Waals surface area (Å²) >= 11 is 0. The highest BCUT2D eigenvalue weighted by molar-refractivity contribution is 5.72. The molecule has 0 N–H and O–H groups in total. The van der Waals surface area contributed by atoms with Crippen LogP contribution in [-0.2, 0) is 38.8 Å². The monoisotopic (exact) mass is 529 g/mol. The fourth-order valence-corrected chi connectivity index (χ4v) is 5.42. The number of hydrogen-bond donors (Lipinski definition) is 0. The molecule has 6 heteroatoms. The largest absolute Gasteiger partial charge is 0.444 e. The van der Waals surface area contributed by atoms with Crippen molar-refractivity contribution >= 4 is 6.09 Å².